The molecule has 2 unspecified atom stereocenters. The molecule has 1 heterocycles. The number of ether oxygens (including phenoxy) is 3. The van der Waals surface area contributed by atoms with Crippen LogP contribution < -0.4 is 5.32 Å². The number of aliphatic hydroxyl groups excluding tert-OH is 3. The van der Waals surface area contributed by atoms with Crippen LogP contribution in [0.4, 0.5) is 0 Å². The highest BCUT2D eigenvalue weighted by atomic mass is 16.6. The number of esters is 2. The first-order valence-electron chi connectivity index (χ1n) is 21.4. The van der Waals surface area contributed by atoms with Gasteiger partial charge in [0.05, 0.1) is 49.5 Å². The summed E-state index contributed by atoms with van der Waals surface area (Å²) in [5, 5.41) is 60.0. The van der Waals surface area contributed by atoms with E-state index in [2.05, 4.69) is 26.1 Å². The third kappa shape index (κ3) is 7.91. The molecule has 0 spiro atoms. The van der Waals surface area contributed by atoms with Crippen molar-refractivity contribution in [3.05, 3.63) is 47.0 Å². The number of rotatable bonds is 11. The molecule has 4 aliphatic carbocycles. The molecular weight excluding hydrogens is 743 g/mol. The third-order valence-electron chi connectivity index (χ3n) is 16.0. The minimum Gasteiger partial charge on any atom is -0.467 e. The van der Waals surface area contributed by atoms with E-state index in [4.69, 9.17) is 14.2 Å². The average Bonchev–Trinajstić information content (AvgIpc) is 3.41. The molecule has 6 rings (SSSR count). The van der Waals surface area contributed by atoms with Crippen molar-refractivity contribution in [2.45, 2.75) is 174 Å². The molecule has 0 aromatic heterocycles. The van der Waals surface area contributed by atoms with Gasteiger partial charge in [-0.15, -0.1) is 0 Å². The van der Waals surface area contributed by atoms with Gasteiger partial charge in [0.2, 0.25) is 5.91 Å². The summed E-state index contributed by atoms with van der Waals surface area (Å²) in [5.74, 6) is -2.12. The number of allylic oxidation sites excluding steroid dienone is 1. The lowest BCUT2D eigenvalue weighted by Crippen LogP contribution is -2.62. The van der Waals surface area contributed by atoms with E-state index in [1.807, 2.05) is 44.2 Å². The zero-order valence-corrected chi connectivity index (χ0v) is 36.0. The first kappa shape index (κ1) is 44.7. The number of benzene rings is 1. The standard InChI is InChI=1S/C46H69NO11/c1-41(2)33-17-16-29-30(22-34(49)46(8)28(19-20-45(29,46)7)27-15-18-35(42(3,4)54)57-39(27)52)44(33,6)23-32(48)38(41)58-37(51)25-43(5,55)24-36(50)47-31(40(53)56-9)21-26-13-11-10-12-14-26/h10-14,27-28,31-35,38-39,48-49,52,54-55H,15-25H2,1-9H3,(H,47,50)/t27-,28-,31?,32-,33+,34+,35-,38+,39+,43?,44-,45+,46+/m1/s1. The van der Waals surface area contributed by atoms with Crippen molar-refractivity contribution in [1.82, 2.24) is 5.32 Å². The molecule has 6 N–H and O–H groups in total. The molecule has 0 radical (unpaired) electrons. The van der Waals surface area contributed by atoms with Crippen molar-refractivity contribution < 1.29 is 54.1 Å². The normalized spacial score (nSPS) is 38.7. The minimum absolute atomic E-state index is 0.01000. The number of fused-ring (bicyclic) bond motifs is 4. The van der Waals surface area contributed by atoms with Gasteiger partial charge in [0.15, 0.2) is 6.29 Å². The predicted molar refractivity (Wildman–Crippen MR) is 216 cm³/mol. The SMILES string of the molecule is COC(=O)C(Cc1ccccc1)NC(=O)CC(C)(O)CC(=O)O[C@H]1[C@H](O)C[C@]2(C)C3=C(CC[C@H]2C1(C)C)[C@]1(C)CC[C@H]([C@H]2CC[C@H](C(C)(C)O)O[C@@H]2O)[C@@]1(C)[C@@H](O)C3. The summed E-state index contributed by atoms with van der Waals surface area (Å²) in [6.45, 7) is 15.5. The second-order valence-corrected chi connectivity index (χ2v) is 20.5. The Labute approximate surface area is 344 Å². The molecule has 0 bridgehead atoms. The summed E-state index contributed by atoms with van der Waals surface area (Å²) in [6.07, 6.45) is 0.638. The summed E-state index contributed by atoms with van der Waals surface area (Å²) in [5.41, 5.74) is -1.49. The fourth-order valence-corrected chi connectivity index (χ4v) is 12.9. The van der Waals surface area contributed by atoms with Gasteiger partial charge in [-0.3, -0.25) is 9.59 Å². The molecule has 12 heteroatoms. The zero-order valence-electron chi connectivity index (χ0n) is 36.0. The monoisotopic (exact) mass is 811 g/mol. The van der Waals surface area contributed by atoms with Crippen LogP contribution in [0.2, 0.25) is 0 Å². The van der Waals surface area contributed by atoms with E-state index in [0.717, 1.165) is 31.2 Å². The maximum Gasteiger partial charge on any atom is 0.328 e. The molecular formula is C46H69NO11. The Morgan fingerprint density at radius 1 is 0.931 bits per heavy atom. The van der Waals surface area contributed by atoms with Crippen LogP contribution in [-0.2, 0) is 35.0 Å². The number of hydrogen-bond acceptors (Lipinski definition) is 11. The first-order chi connectivity index (χ1) is 26.9. The maximum atomic E-state index is 13.5. The van der Waals surface area contributed by atoms with Crippen molar-refractivity contribution in [2.24, 2.45) is 39.4 Å². The summed E-state index contributed by atoms with van der Waals surface area (Å²) >= 11 is 0. The minimum atomic E-state index is -1.80. The Morgan fingerprint density at radius 3 is 2.22 bits per heavy atom. The van der Waals surface area contributed by atoms with Gasteiger partial charge in [-0.25, -0.2) is 4.79 Å². The van der Waals surface area contributed by atoms with Gasteiger partial charge in [-0.1, -0.05) is 76.1 Å². The van der Waals surface area contributed by atoms with E-state index >= 15 is 0 Å². The molecule has 1 saturated heterocycles. The molecule has 12 nitrogen and oxygen atoms in total. The van der Waals surface area contributed by atoms with Gasteiger partial charge in [0.1, 0.15) is 12.1 Å². The number of carbonyl (C=O) groups excluding carboxylic acids is 3. The fourth-order valence-electron chi connectivity index (χ4n) is 12.9. The number of hydrogen-bond donors (Lipinski definition) is 6. The van der Waals surface area contributed by atoms with Crippen molar-refractivity contribution >= 4 is 17.8 Å². The topological polar surface area (TPSA) is 192 Å². The highest BCUT2D eigenvalue weighted by molar-refractivity contribution is 5.85. The van der Waals surface area contributed by atoms with Gasteiger partial charge in [0.25, 0.3) is 0 Å². The smallest absolute Gasteiger partial charge is 0.328 e. The van der Waals surface area contributed by atoms with Gasteiger partial charge >= 0.3 is 11.9 Å². The van der Waals surface area contributed by atoms with E-state index in [-0.39, 0.29) is 29.6 Å². The molecule has 1 amide bonds. The van der Waals surface area contributed by atoms with Gasteiger partial charge in [0, 0.05) is 23.2 Å². The molecule has 1 aromatic rings. The van der Waals surface area contributed by atoms with E-state index in [1.54, 1.807) is 13.8 Å². The summed E-state index contributed by atoms with van der Waals surface area (Å²) in [6, 6.07) is 8.18. The average molecular weight is 812 g/mol. The van der Waals surface area contributed by atoms with Crippen molar-refractivity contribution in [3.8, 4) is 0 Å². The lowest BCUT2D eigenvalue weighted by Gasteiger charge is -2.64. The quantitative estimate of drug-likeness (QED) is 0.132. The lowest BCUT2D eigenvalue weighted by atomic mass is 9.42. The number of amides is 1. The number of methoxy groups -OCH3 is 1. The zero-order chi connectivity index (χ0) is 42.8. The molecule has 1 aromatic carbocycles. The van der Waals surface area contributed by atoms with Crippen molar-refractivity contribution in [2.75, 3.05) is 7.11 Å². The maximum absolute atomic E-state index is 13.5. The van der Waals surface area contributed by atoms with E-state index in [1.165, 1.54) is 25.2 Å². The van der Waals surface area contributed by atoms with Crippen LogP contribution in [-0.4, -0.2) is 98.4 Å². The highest BCUT2D eigenvalue weighted by Crippen LogP contribution is 2.73. The summed E-state index contributed by atoms with van der Waals surface area (Å²) in [7, 11) is 1.24. The Bertz CT molecular complexity index is 1740. The van der Waals surface area contributed by atoms with Crippen LogP contribution >= 0.6 is 0 Å². The third-order valence-corrected chi connectivity index (χ3v) is 16.0. The van der Waals surface area contributed by atoms with Gasteiger partial charge < -0.3 is 45.1 Å². The number of nitrogens with one attached hydrogen (secondary N) is 1. The Morgan fingerprint density at radius 2 is 1.60 bits per heavy atom. The van der Waals surface area contributed by atoms with E-state index in [9.17, 15) is 39.9 Å². The largest absolute Gasteiger partial charge is 0.467 e. The molecule has 13 atom stereocenters. The van der Waals surface area contributed by atoms with Gasteiger partial charge in [-0.05, 0) is 100 Å². The second-order valence-electron chi connectivity index (χ2n) is 20.5. The Hall–Kier alpha value is -2.87. The van der Waals surface area contributed by atoms with E-state index < -0.39 is 94.9 Å². The molecule has 3 fully saturated rings. The number of carbonyl (C=O) groups is 3. The van der Waals surface area contributed by atoms with Crippen LogP contribution in [0.25, 0.3) is 0 Å². The van der Waals surface area contributed by atoms with Gasteiger partial charge in [-0.2, -0.15) is 0 Å². The number of aliphatic hydroxyl groups is 5. The van der Waals surface area contributed by atoms with Crippen LogP contribution in [0.5, 0.6) is 0 Å². The molecule has 58 heavy (non-hydrogen) atoms. The molecule has 1 aliphatic heterocycles. The lowest BCUT2D eigenvalue weighted by molar-refractivity contribution is -0.251. The van der Waals surface area contributed by atoms with Crippen molar-refractivity contribution in [1.29, 1.82) is 0 Å². The first-order valence-corrected chi connectivity index (χ1v) is 21.4. The molecule has 5 aliphatic rings. The van der Waals surface area contributed by atoms with Crippen LogP contribution in [0, 0.1) is 39.4 Å². The van der Waals surface area contributed by atoms with Crippen LogP contribution in [0.1, 0.15) is 125 Å². The second kappa shape index (κ2) is 15.9. The molecule has 2 saturated carbocycles. The summed E-state index contributed by atoms with van der Waals surface area (Å²) in [4.78, 5) is 39.1. The van der Waals surface area contributed by atoms with Crippen LogP contribution in [0.3, 0.4) is 0 Å². The Balaban J connectivity index is 1.14. The fraction of sp³-hybridized carbons (Fsp3) is 0.761. The summed E-state index contributed by atoms with van der Waals surface area (Å²) < 4.78 is 17.0. The van der Waals surface area contributed by atoms with Crippen molar-refractivity contribution in [3.63, 3.8) is 0 Å². The predicted octanol–water partition coefficient (Wildman–Crippen LogP) is 4.91. The molecule has 324 valence electrons. The van der Waals surface area contributed by atoms with Crippen LogP contribution in [0.15, 0.2) is 41.5 Å². The van der Waals surface area contributed by atoms with E-state index in [0.29, 0.717) is 25.7 Å². The Kier molecular flexibility index (Phi) is 12.2. The highest BCUT2D eigenvalue weighted by Gasteiger charge is 2.68.